The first kappa shape index (κ1) is 12.1. The summed E-state index contributed by atoms with van der Waals surface area (Å²) in [6.45, 7) is 0. The van der Waals surface area contributed by atoms with Crippen molar-refractivity contribution in [2.75, 3.05) is 5.73 Å². The first-order valence-corrected chi connectivity index (χ1v) is 6.33. The van der Waals surface area contributed by atoms with Gasteiger partial charge in [-0.3, -0.25) is 0 Å². The lowest BCUT2D eigenvalue weighted by Crippen LogP contribution is -1.87. The molecule has 0 bridgehead atoms. The molecule has 0 radical (unpaired) electrons. The van der Waals surface area contributed by atoms with Crippen LogP contribution in [0.4, 0.5) is 5.82 Å². The number of rotatable bonds is 2. The van der Waals surface area contributed by atoms with E-state index in [0.717, 1.165) is 22.4 Å². The summed E-state index contributed by atoms with van der Waals surface area (Å²) in [4.78, 5) is 3.13. The van der Waals surface area contributed by atoms with Crippen molar-refractivity contribution in [1.82, 2.24) is 4.98 Å². The fourth-order valence-electron chi connectivity index (χ4n) is 2.35. The van der Waals surface area contributed by atoms with Crippen LogP contribution in [0.2, 0.25) is 0 Å². The zero-order valence-electron chi connectivity index (χ0n) is 10.8. The number of hydrogen-bond donors (Lipinski definition) is 2. The minimum atomic E-state index is 0.408. The Morgan fingerprint density at radius 3 is 1.95 bits per heavy atom. The van der Waals surface area contributed by atoms with E-state index in [1.54, 1.807) is 0 Å². The molecule has 0 saturated carbocycles. The molecule has 20 heavy (non-hydrogen) atoms. The third kappa shape index (κ3) is 1.94. The van der Waals surface area contributed by atoms with Gasteiger partial charge in [-0.1, -0.05) is 60.7 Å². The van der Waals surface area contributed by atoms with Crippen LogP contribution in [0.5, 0.6) is 0 Å². The molecule has 96 valence electrons. The number of anilines is 1. The largest absolute Gasteiger partial charge is 0.384 e. The molecule has 1 heterocycles. The Hall–Kier alpha value is -2.99. The summed E-state index contributed by atoms with van der Waals surface area (Å²) >= 11 is 0. The number of nitrogens with zero attached hydrogens (tertiary/aromatic N) is 1. The minimum absolute atomic E-state index is 0.408. The predicted molar refractivity (Wildman–Crippen MR) is 80.8 cm³/mol. The van der Waals surface area contributed by atoms with Gasteiger partial charge in [-0.05, 0) is 11.1 Å². The van der Waals surface area contributed by atoms with Crippen molar-refractivity contribution in [3.8, 4) is 28.5 Å². The predicted octanol–water partition coefficient (Wildman–Crippen LogP) is 3.80. The first-order chi connectivity index (χ1) is 9.81. The van der Waals surface area contributed by atoms with E-state index in [-0.39, 0.29) is 0 Å². The highest BCUT2D eigenvalue weighted by Crippen LogP contribution is 2.37. The molecule has 0 unspecified atom stereocenters. The first-order valence-electron chi connectivity index (χ1n) is 6.33. The van der Waals surface area contributed by atoms with Crippen LogP contribution < -0.4 is 5.73 Å². The molecule has 0 saturated heterocycles. The molecule has 0 amide bonds. The van der Waals surface area contributed by atoms with E-state index < -0.39 is 0 Å². The molecule has 0 aliphatic heterocycles. The lowest BCUT2D eigenvalue weighted by molar-refractivity contribution is 1.40. The number of H-pyrrole nitrogens is 1. The van der Waals surface area contributed by atoms with Crippen LogP contribution in [0.1, 0.15) is 5.56 Å². The van der Waals surface area contributed by atoms with Gasteiger partial charge in [0, 0.05) is 5.56 Å². The van der Waals surface area contributed by atoms with Crippen LogP contribution in [0, 0.1) is 11.3 Å². The Kier molecular flexibility index (Phi) is 2.98. The topological polar surface area (TPSA) is 65.6 Å². The third-order valence-corrected chi connectivity index (χ3v) is 3.27. The van der Waals surface area contributed by atoms with Gasteiger partial charge in [0.25, 0.3) is 0 Å². The maximum atomic E-state index is 9.37. The van der Waals surface area contributed by atoms with Gasteiger partial charge in [0.2, 0.25) is 0 Å². The molecule has 0 atom stereocenters. The average Bonchev–Trinajstić information content (AvgIpc) is 2.85. The Balaban J connectivity index is 2.30. The maximum absolute atomic E-state index is 9.37. The molecule has 3 aromatic rings. The average molecular weight is 259 g/mol. The lowest BCUT2D eigenvalue weighted by atomic mass is 9.98. The van der Waals surface area contributed by atoms with Crippen molar-refractivity contribution in [3.63, 3.8) is 0 Å². The van der Waals surface area contributed by atoms with E-state index in [1.807, 2.05) is 60.7 Å². The van der Waals surface area contributed by atoms with Gasteiger partial charge in [0.05, 0.1) is 5.69 Å². The third-order valence-electron chi connectivity index (χ3n) is 3.27. The van der Waals surface area contributed by atoms with Gasteiger partial charge < -0.3 is 10.7 Å². The van der Waals surface area contributed by atoms with Crippen molar-refractivity contribution < 1.29 is 0 Å². The van der Waals surface area contributed by atoms with Crippen molar-refractivity contribution in [2.24, 2.45) is 0 Å². The SMILES string of the molecule is N#Cc1c(N)[nH]c(-c2ccccc2)c1-c1ccccc1. The number of aromatic amines is 1. The van der Waals surface area contributed by atoms with Gasteiger partial charge in [-0.15, -0.1) is 0 Å². The van der Waals surface area contributed by atoms with E-state index >= 15 is 0 Å². The van der Waals surface area contributed by atoms with E-state index in [1.165, 1.54) is 0 Å². The normalized spacial score (nSPS) is 10.2. The maximum Gasteiger partial charge on any atom is 0.120 e. The number of benzene rings is 2. The zero-order chi connectivity index (χ0) is 13.9. The second kappa shape index (κ2) is 4.94. The van der Waals surface area contributed by atoms with Gasteiger partial charge in [-0.25, -0.2) is 0 Å². The molecule has 1 aromatic heterocycles. The fourth-order valence-corrected chi connectivity index (χ4v) is 2.35. The van der Waals surface area contributed by atoms with Crippen molar-refractivity contribution in [1.29, 1.82) is 5.26 Å². The van der Waals surface area contributed by atoms with Crippen LogP contribution in [-0.4, -0.2) is 4.98 Å². The Morgan fingerprint density at radius 2 is 1.40 bits per heavy atom. The highest BCUT2D eigenvalue weighted by molar-refractivity contribution is 5.89. The molecule has 3 rings (SSSR count). The molecule has 3 heteroatoms. The minimum Gasteiger partial charge on any atom is -0.384 e. The smallest absolute Gasteiger partial charge is 0.120 e. The summed E-state index contributed by atoms with van der Waals surface area (Å²) in [5.74, 6) is 0.408. The quantitative estimate of drug-likeness (QED) is 0.735. The number of nitriles is 1. The van der Waals surface area contributed by atoms with Crippen LogP contribution in [0.15, 0.2) is 60.7 Å². The number of nitrogens with two attached hydrogens (primary N) is 1. The fraction of sp³-hybridized carbons (Fsp3) is 0. The standard InChI is InChI=1S/C17H13N3/c18-11-14-15(12-7-3-1-4-8-12)16(20-17(14)19)13-9-5-2-6-10-13/h1-10,20H,19H2. The van der Waals surface area contributed by atoms with Crippen LogP contribution >= 0.6 is 0 Å². The zero-order valence-corrected chi connectivity index (χ0v) is 10.8. The lowest BCUT2D eigenvalue weighted by Gasteiger charge is -2.05. The van der Waals surface area contributed by atoms with E-state index in [4.69, 9.17) is 5.73 Å². The van der Waals surface area contributed by atoms with Crippen LogP contribution in [0.25, 0.3) is 22.4 Å². The summed E-state index contributed by atoms with van der Waals surface area (Å²) in [7, 11) is 0. The van der Waals surface area contributed by atoms with Gasteiger partial charge in [0.15, 0.2) is 0 Å². The van der Waals surface area contributed by atoms with E-state index in [2.05, 4.69) is 11.1 Å². The van der Waals surface area contributed by atoms with E-state index in [9.17, 15) is 5.26 Å². The summed E-state index contributed by atoms with van der Waals surface area (Å²) in [5.41, 5.74) is 10.2. The molecular weight excluding hydrogens is 246 g/mol. The van der Waals surface area contributed by atoms with E-state index in [0.29, 0.717) is 11.4 Å². The highest BCUT2D eigenvalue weighted by Gasteiger charge is 2.18. The number of aromatic nitrogens is 1. The summed E-state index contributed by atoms with van der Waals surface area (Å²) in [6.07, 6.45) is 0. The van der Waals surface area contributed by atoms with Gasteiger partial charge >= 0.3 is 0 Å². The summed E-state index contributed by atoms with van der Waals surface area (Å²) < 4.78 is 0. The Bertz CT molecular complexity index is 765. The number of nitrogen functional groups attached to an aromatic ring is 1. The van der Waals surface area contributed by atoms with Crippen molar-refractivity contribution >= 4 is 5.82 Å². The van der Waals surface area contributed by atoms with Crippen molar-refractivity contribution in [3.05, 3.63) is 66.2 Å². The second-order valence-electron chi connectivity index (χ2n) is 4.51. The Morgan fingerprint density at radius 1 is 0.850 bits per heavy atom. The van der Waals surface area contributed by atoms with Crippen molar-refractivity contribution in [2.45, 2.75) is 0 Å². The molecular formula is C17H13N3. The number of hydrogen-bond acceptors (Lipinski definition) is 2. The molecule has 0 fully saturated rings. The summed E-state index contributed by atoms with van der Waals surface area (Å²) in [5, 5.41) is 9.37. The molecule has 0 aliphatic carbocycles. The van der Waals surface area contributed by atoms with Crippen LogP contribution in [-0.2, 0) is 0 Å². The van der Waals surface area contributed by atoms with Gasteiger partial charge in [-0.2, -0.15) is 5.26 Å². The monoisotopic (exact) mass is 259 g/mol. The molecule has 3 N–H and O–H groups in total. The number of nitrogens with one attached hydrogen (secondary N) is 1. The molecule has 3 nitrogen and oxygen atoms in total. The molecule has 0 spiro atoms. The highest BCUT2D eigenvalue weighted by atomic mass is 14.9. The molecule has 2 aromatic carbocycles. The second-order valence-corrected chi connectivity index (χ2v) is 4.51. The Labute approximate surface area is 117 Å². The van der Waals surface area contributed by atoms with Gasteiger partial charge in [0.1, 0.15) is 17.5 Å². The van der Waals surface area contributed by atoms with Crippen LogP contribution in [0.3, 0.4) is 0 Å². The summed E-state index contributed by atoms with van der Waals surface area (Å²) in [6, 6.07) is 21.9. The molecule has 0 aliphatic rings.